The van der Waals surface area contributed by atoms with Gasteiger partial charge in [0.05, 0.1) is 10.7 Å². The summed E-state index contributed by atoms with van der Waals surface area (Å²) in [5, 5.41) is 4.94. The van der Waals surface area contributed by atoms with Crippen molar-refractivity contribution in [2.75, 3.05) is 5.32 Å². The number of amides is 1. The maximum atomic E-state index is 14.1. The van der Waals surface area contributed by atoms with Gasteiger partial charge in [-0.15, -0.1) is 0 Å². The van der Waals surface area contributed by atoms with Crippen LogP contribution < -0.4 is 5.32 Å². The second-order valence-electron chi connectivity index (χ2n) is 4.67. The number of hydrogen-bond donors (Lipinski definition) is 3. The fourth-order valence-electron chi connectivity index (χ4n) is 1.80. The highest BCUT2D eigenvalue weighted by molar-refractivity contribution is 7.46. The van der Waals surface area contributed by atoms with Crippen LogP contribution in [0.5, 0.6) is 0 Å². The van der Waals surface area contributed by atoms with E-state index in [9.17, 15) is 18.1 Å². The second kappa shape index (κ2) is 7.36. The molecule has 8 nitrogen and oxygen atoms in total. The Morgan fingerprint density at radius 2 is 2.04 bits per heavy atom. The highest BCUT2D eigenvalue weighted by Gasteiger charge is 2.28. The van der Waals surface area contributed by atoms with E-state index in [1.54, 1.807) is 0 Å². The maximum absolute atomic E-state index is 14.1. The largest absolute Gasteiger partial charge is 0.471 e. The highest BCUT2D eigenvalue weighted by atomic mass is 35.5. The molecule has 25 heavy (non-hydrogen) atoms. The van der Waals surface area contributed by atoms with Gasteiger partial charge >= 0.3 is 7.82 Å². The topological polar surface area (TPSA) is 114 Å². The molecule has 1 atom stereocenters. The van der Waals surface area contributed by atoms with E-state index >= 15 is 0 Å². The number of hydrogen-bond acceptors (Lipinski definition) is 4. The summed E-state index contributed by atoms with van der Waals surface area (Å²) in [5.41, 5.74) is -0.774. The summed E-state index contributed by atoms with van der Waals surface area (Å²) in [4.78, 5) is 29.6. The van der Waals surface area contributed by atoms with E-state index in [0.717, 1.165) is 25.1 Å². The molecule has 0 aliphatic carbocycles. The molecule has 0 saturated carbocycles. The lowest BCUT2D eigenvalue weighted by molar-refractivity contribution is 0.0875. The van der Waals surface area contributed by atoms with E-state index in [-0.39, 0.29) is 10.7 Å². The molecule has 136 valence electrons. The van der Waals surface area contributed by atoms with Gasteiger partial charge in [0.15, 0.2) is 22.9 Å². The van der Waals surface area contributed by atoms with Crippen LogP contribution in [0.2, 0.25) is 10.2 Å². The maximum Gasteiger partial charge on any atom is 0.471 e. The average molecular weight is 416 g/mol. The lowest BCUT2D eigenvalue weighted by Crippen LogP contribution is -2.16. The van der Waals surface area contributed by atoms with Crippen LogP contribution in [-0.2, 0) is 9.09 Å². The van der Waals surface area contributed by atoms with Gasteiger partial charge < -0.3 is 15.1 Å². The Kier molecular flexibility index (Phi) is 5.82. The van der Waals surface area contributed by atoms with Gasteiger partial charge in [0.2, 0.25) is 0 Å². The van der Waals surface area contributed by atoms with Gasteiger partial charge in [-0.25, -0.2) is 18.0 Å². The van der Waals surface area contributed by atoms with Crippen LogP contribution in [0.4, 0.5) is 14.5 Å². The number of nitrogens with zero attached hydrogens (tertiary/aromatic N) is 2. The van der Waals surface area contributed by atoms with Gasteiger partial charge in [0.1, 0.15) is 5.82 Å². The summed E-state index contributed by atoms with van der Waals surface area (Å²) in [5.74, 6) is -2.93. The molecule has 0 aliphatic heterocycles. The molecular formula is C12H10Cl2F2N3O5P. The predicted octanol–water partition coefficient (Wildman–Crippen LogP) is 3.35. The molecule has 0 aliphatic rings. The Morgan fingerprint density at radius 3 is 2.60 bits per heavy atom. The fourth-order valence-corrected chi connectivity index (χ4v) is 2.76. The first-order chi connectivity index (χ1) is 11.5. The molecule has 1 amide bonds. The first kappa shape index (κ1) is 19.8. The number of carbonyl (C=O) groups excluding carboxylic acids is 1. The van der Waals surface area contributed by atoms with Gasteiger partial charge in [-0.3, -0.25) is 9.32 Å². The van der Waals surface area contributed by atoms with E-state index in [1.165, 1.54) is 0 Å². The van der Waals surface area contributed by atoms with Crippen LogP contribution in [0, 0.1) is 11.6 Å². The van der Waals surface area contributed by atoms with E-state index in [4.69, 9.17) is 33.0 Å². The fraction of sp³-hybridized carbons (Fsp3) is 0.167. The summed E-state index contributed by atoms with van der Waals surface area (Å²) < 4.78 is 42.8. The third-order valence-corrected chi connectivity index (χ3v) is 4.06. The predicted molar refractivity (Wildman–Crippen MR) is 84.4 cm³/mol. The van der Waals surface area contributed by atoms with Gasteiger partial charge in [-0.1, -0.05) is 23.2 Å². The SMILES string of the molecule is CC(OP(=O)(O)O)n1nc(C(=O)Nc2ccc(F)cc2Cl)c(F)c1Cl. The molecule has 0 saturated heterocycles. The molecule has 1 aromatic heterocycles. The number of anilines is 1. The van der Waals surface area contributed by atoms with Crippen LogP contribution in [0.25, 0.3) is 0 Å². The van der Waals surface area contributed by atoms with Crippen molar-refractivity contribution in [1.82, 2.24) is 9.78 Å². The first-order valence-corrected chi connectivity index (χ1v) is 8.72. The number of carbonyl (C=O) groups is 1. The van der Waals surface area contributed by atoms with Crippen LogP contribution in [0.3, 0.4) is 0 Å². The zero-order valence-electron chi connectivity index (χ0n) is 12.3. The molecular weight excluding hydrogens is 406 g/mol. The molecule has 1 heterocycles. The number of aromatic nitrogens is 2. The van der Waals surface area contributed by atoms with Crippen molar-refractivity contribution >= 4 is 42.6 Å². The third kappa shape index (κ3) is 4.75. The van der Waals surface area contributed by atoms with Crippen molar-refractivity contribution in [2.24, 2.45) is 0 Å². The minimum atomic E-state index is -4.90. The summed E-state index contributed by atoms with van der Waals surface area (Å²) in [6.07, 6.45) is -1.46. The molecule has 13 heteroatoms. The van der Waals surface area contributed by atoms with Crippen molar-refractivity contribution in [2.45, 2.75) is 13.2 Å². The minimum Gasteiger partial charge on any atom is -0.319 e. The standard InChI is InChI=1S/C12H10Cl2F2N3O5P/c1-5(24-25(21,22)23)19-11(14)9(16)10(18-19)12(20)17-8-3-2-6(15)4-7(8)13/h2-5H,1H3,(H,17,20)(H2,21,22,23). The molecule has 0 radical (unpaired) electrons. The zero-order chi connectivity index (χ0) is 18.9. The number of halogens is 4. The van der Waals surface area contributed by atoms with Crippen LogP contribution >= 0.6 is 31.0 Å². The quantitative estimate of drug-likeness (QED) is 0.645. The van der Waals surface area contributed by atoms with Crippen LogP contribution in [0.15, 0.2) is 18.2 Å². The lowest BCUT2D eigenvalue weighted by Gasteiger charge is -2.14. The average Bonchev–Trinajstić information content (AvgIpc) is 2.77. The zero-order valence-corrected chi connectivity index (χ0v) is 14.7. The Bertz CT molecular complexity index is 873. The smallest absolute Gasteiger partial charge is 0.319 e. The van der Waals surface area contributed by atoms with Crippen molar-refractivity contribution in [3.05, 3.63) is 45.7 Å². The lowest BCUT2D eigenvalue weighted by atomic mass is 10.3. The molecule has 1 unspecified atom stereocenters. The number of rotatable bonds is 5. The van der Waals surface area contributed by atoms with Crippen molar-refractivity contribution < 1.29 is 32.5 Å². The monoisotopic (exact) mass is 415 g/mol. The minimum absolute atomic E-state index is 0.00217. The highest BCUT2D eigenvalue weighted by Crippen LogP contribution is 2.41. The summed E-state index contributed by atoms with van der Waals surface area (Å²) in [6.45, 7) is 1.13. The number of phosphoric ester groups is 1. The molecule has 0 fully saturated rings. The van der Waals surface area contributed by atoms with Gasteiger partial charge in [0.25, 0.3) is 5.91 Å². The van der Waals surface area contributed by atoms with Gasteiger partial charge in [0, 0.05) is 0 Å². The number of phosphoric acid groups is 1. The molecule has 0 spiro atoms. The Labute approximate surface area is 149 Å². The summed E-state index contributed by atoms with van der Waals surface area (Å²) in [7, 11) is -4.90. The van der Waals surface area contributed by atoms with E-state index in [1.807, 2.05) is 0 Å². The van der Waals surface area contributed by atoms with Gasteiger partial charge in [-0.2, -0.15) is 5.10 Å². The Morgan fingerprint density at radius 1 is 1.40 bits per heavy atom. The first-order valence-electron chi connectivity index (χ1n) is 6.43. The summed E-state index contributed by atoms with van der Waals surface area (Å²) >= 11 is 11.4. The van der Waals surface area contributed by atoms with Crippen molar-refractivity contribution in [3.8, 4) is 0 Å². The number of benzene rings is 1. The molecule has 1 aromatic carbocycles. The van der Waals surface area contributed by atoms with E-state index < -0.39 is 42.4 Å². The van der Waals surface area contributed by atoms with E-state index in [0.29, 0.717) is 4.68 Å². The molecule has 0 bridgehead atoms. The van der Waals surface area contributed by atoms with Gasteiger partial charge in [-0.05, 0) is 25.1 Å². The third-order valence-electron chi connectivity index (χ3n) is 2.83. The van der Waals surface area contributed by atoms with Crippen molar-refractivity contribution in [1.29, 1.82) is 0 Å². The molecule has 2 aromatic rings. The van der Waals surface area contributed by atoms with E-state index in [2.05, 4.69) is 14.9 Å². The number of nitrogens with one attached hydrogen (secondary N) is 1. The second-order valence-corrected chi connectivity index (χ2v) is 6.63. The Hall–Kier alpha value is -1.55. The van der Waals surface area contributed by atoms with Crippen LogP contribution in [-0.4, -0.2) is 25.5 Å². The molecule has 2 rings (SSSR count). The van der Waals surface area contributed by atoms with Crippen molar-refractivity contribution in [3.63, 3.8) is 0 Å². The normalized spacial score (nSPS) is 12.9. The Balaban J connectivity index is 2.29. The molecule has 3 N–H and O–H groups in total. The van der Waals surface area contributed by atoms with Crippen LogP contribution in [0.1, 0.15) is 23.6 Å². The summed E-state index contributed by atoms with van der Waals surface area (Å²) in [6, 6.07) is 3.13.